The molecule has 0 N–H and O–H groups in total. The van der Waals surface area contributed by atoms with Crippen molar-refractivity contribution in [2.24, 2.45) is 7.05 Å². The Kier molecular flexibility index (Phi) is 1.90. The molecule has 10 heavy (non-hydrogen) atoms. The van der Waals surface area contributed by atoms with Gasteiger partial charge < -0.3 is 4.57 Å². The van der Waals surface area contributed by atoms with E-state index >= 15 is 0 Å². The fourth-order valence-electron chi connectivity index (χ4n) is 1.03. The largest absolute Gasteiger partial charge is 0.334 e. The Balaban J connectivity index is 3.59. The molecule has 1 rings (SSSR count). The molecule has 0 atom stereocenters. The van der Waals surface area contributed by atoms with Gasteiger partial charge in [0.1, 0.15) is 0 Å². The normalized spacial score (nSPS) is 14.7. The van der Waals surface area contributed by atoms with E-state index in [1.165, 1.54) is 5.35 Å². The van der Waals surface area contributed by atoms with Crippen molar-refractivity contribution >= 4 is 12.2 Å². The summed E-state index contributed by atoms with van der Waals surface area (Å²) in [5.41, 5.74) is 0. The maximum atomic E-state index is 4.18. The second kappa shape index (κ2) is 2.69. The predicted molar refractivity (Wildman–Crippen MR) is 42.7 cm³/mol. The Hall–Kier alpha value is -1.05. The molecule has 0 saturated carbocycles. The first-order valence-corrected chi connectivity index (χ1v) is 3.39. The average molecular weight is 136 g/mol. The molecule has 0 unspecified atom stereocenters. The van der Waals surface area contributed by atoms with Crippen LogP contribution in [0.25, 0.3) is 12.2 Å². The molecule has 2 heteroatoms. The lowest BCUT2D eigenvalue weighted by Gasteiger charge is -1.84. The highest BCUT2D eigenvalue weighted by molar-refractivity contribution is 5.21. The zero-order valence-electron chi connectivity index (χ0n) is 6.63. The van der Waals surface area contributed by atoms with Crippen LogP contribution in [0.3, 0.4) is 0 Å². The van der Waals surface area contributed by atoms with Crippen LogP contribution in [0.15, 0.2) is 6.33 Å². The molecular formula is C8H12N2. The first-order valence-electron chi connectivity index (χ1n) is 3.39. The zero-order valence-corrected chi connectivity index (χ0v) is 6.63. The summed E-state index contributed by atoms with van der Waals surface area (Å²) in [5.74, 6) is 0. The fraction of sp³-hybridized carbons (Fsp3) is 0.375. The van der Waals surface area contributed by atoms with Crippen molar-refractivity contribution < 1.29 is 0 Å². The summed E-state index contributed by atoms with van der Waals surface area (Å²) in [4.78, 5) is 4.18. The van der Waals surface area contributed by atoms with E-state index in [0.29, 0.717) is 0 Å². The minimum absolute atomic E-state index is 1.06. The molecule has 1 heterocycles. The van der Waals surface area contributed by atoms with Crippen LogP contribution >= 0.6 is 0 Å². The SMILES string of the molecule is C/C=c1/ncn(C)/c1=C/C. The predicted octanol–water partition coefficient (Wildman–Crippen LogP) is 0.0209. The molecule has 0 bridgehead atoms. The third kappa shape index (κ3) is 0.967. The number of nitrogens with zero attached hydrogens (tertiary/aromatic N) is 2. The van der Waals surface area contributed by atoms with Crippen molar-refractivity contribution in [3.63, 3.8) is 0 Å². The van der Waals surface area contributed by atoms with Crippen molar-refractivity contribution in [3.8, 4) is 0 Å². The van der Waals surface area contributed by atoms with Crippen LogP contribution in [0.2, 0.25) is 0 Å². The zero-order chi connectivity index (χ0) is 7.56. The Bertz CT molecular complexity index is 320. The molecule has 0 aromatic carbocycles. The topological polar surface area (TPSA) is 17.8 Å². The van der Waals surface area contributed by atoms with Crippen LogP contribution in [-0.4, -0.2) is 9.55 Å². The summed E-state index contributed by atoms with van der Waals surface area (Å²) in [5, 5.41) is 2.24. The average Bonchev–Trinajstić information content (AvgIpc) is 2.30. The highest BCUT2D eigenvalue weighted by Crippen LogP contribution is 1.64. The summed E-state index contributed by atoms with van der Waals surface area (Å²) < 4.78 is 2.01. The molecule has 2 nitrogen and oxygen atoms in total. The van der Waals surface area contributed by atoms with E-state index in [1.54, 1.807) is 0 Å². The van der Waals surface area contributed by atoms with E-state index in [-0.39, 0.29) is 0 Å². The fourth-order valence-corrected chi connectivity index (χ4v) is 1.03. The molecule has 1 aromatic heterocycles. The molecule has 0 amide bonds. The lowest BCUT2D eigenvalue weighted by molar-refractivity contribution is 0.880. The summed E-state index contributed by atoms with van der Waals surface area (Å²) in [6.45, 7) is 4.01. The van der Waals surface area contributed by atoms with Crippen molar-refractivity contribution in [2.45, 2.75) is 13.8 Å². The van der Waals surface area contributed by atoms with Crippen LogP contribution in [-0.2, 0) is 7.05 Å². The van der Waals surface area contributed by atoms with Gasteiger partial charge >= 0.3 is 0 Å². The van der Waals surface area contributed by atoms with Crippen LogP contribution in [0, 0.1) is 0 Å². The van der Waals surface area contributed by atoms with Gasteiger partial charge in [0.15, 0.2) is 0 Å². The van der Waals surface area contributed by atoms with E-state index in [9.17, 15) is 0 Å². The molecule has 0 aliphatic carbocycles. The summed E-state index contributed by atoms with van der Waals surface area (Å²) >= 11 is 0. The van der Waals surface area contributed by atoms with E-state index in [4.69, 9.17) is 0 Å². The molecule has 1 aromatic rings. The number of aromatic nitrogens is 2. The quantitative estimate of drug-likeness (QED) is 0.491. The Morgan fingerprint density at radius 2 is 2.10 bits per heavy atom. The molecule has 54 valence electrons. The molecule has 0 radical (unpaired) electrons. The number of hydrogen-bond donors (Lipinski definition) is 0. The Morgan fingerprint density at radius 3 is 2.50 bits per heavy atom. The minimum atomic E-state index is 1.06. The number of hydrogen-bond acceptors (Lipinski definition) is 1. The summed E-state index contributed by atoms with van der Waals surface area (Å²) in [6.07, 6.45) is 5.89. The molecular weight excluding hydrogens is 124 g/mol. The number of rotatable bonds is 0. The minimum Gasteiger partial charge on any atom is -0.334 e. The van der Waals surface area contributed by atoms with Crippen molar-refractivity contribution in [1.29, 1.82) is 0 Å². The van der Waals surface area contributed by atoms with Gasteiger partial charge in [0.25, 0.3) is 0 Å². The van der Waals surface area contributed by atoms with Gasteiger partial charge in [-0.2, -0.15) is 0 Å². The van der Waals surface area contributed by atoms with Gasteiger partial charge in [0, 0.05) is 7.05 Å². The maximum Gasteiger partial charge on any atom is 0.0955 e. The number of aryl methyl sites for hydroxylation is 1. The smallest absolute Gasteiger partial charge is 0.0955 e. The third-order valence-corrected chi connectivity index (χ3v) is 1.56. The monoisotopic (exact) mass is 136 g/mol. The second-order valence-electron chi connectivity index (χ2n) is 2.20. The summed E-state index contributed by atoms with van der Waals surface area (Å²) in [6, 6.07) is 0. The van der Waals surface area contributed by atoms with Gasteiger partial charge in [-0.3, -0.25) is 0 Å². The van der Waals surface area contributed by atoms with Gasteiger partial charge in [-0.25, -0.2) is 4.98 Å². The maximum absolute atomic E-state index is 4.18. The Morgan fingerprint density at radius 1 is 1.40 bits per heavy atom. The first kappa shape index (κ1) is 7.06. The van der Waals surface area contributed by atoms with Gasteiger partial charge in [0.05, 0.1) is 17.0 Å². The first-order chi connectivity index (χ1) is 4.79. The van der Waals surface area contributed by atoms with Crippen molar-refractivity contribution in [1.82, 2.24) is 9.55 Å². The number of imidazole rings is 1. The molecule has 0 saturated heterocycles. The van der Waals surface area contributed by atoms with Crippen LogP contribution < -0.4 is 10.7 Å². The highest BCUT2D eigenvalue weighted by Gasteiger charge is 1.87. The van der Waals surface area contributed by atoms with Crippen molar-refractivity contribution in [3.05, 3.63) is 17.0 Å². The van der Waals surface area contributed by atoms with Crippen LogP contribution in [0.4, 0.5) is 0 Å². The van der Waals surface area contributed by atoms with E-state index < -0.39 is 0 Å². The van der Waals surface area contributed by atoms with Crippen molar-refractivity contribution in [2.75, 3.05) is 0 Å². The van der Waals surface area contributed by atoms with E-state index in [2.05, 4.69) is 11.1 Å². The Labute approximate surface area is 60.5 Å². The highest BCUT2D eigenvalue weighted by atomic mass is 15.0. The van der Waals surface area contributed by atoms with Crippen LogP contribution in [0.1, 0.15) is 13.8 Å². The van der Waals surface area contributed by atoms with E-state index in [0.717, 1.165) is 5.35 Å². The summed E-state index contributed by atoms with van der Waals surface area (Å²) in [7, 11) is 2.00. The van der Waals surface area contributed by atoms with E-state index in [1.807, 2.05) is 37.9 Å². The molecule has 0 fully saturated rings. The molecule has 0 aliphatic heterocycles. The van der Waals surface area contributed by atoms with Gasteiger partial charge in [0.2, 0.25) is 0 Å². The molecule has 0 spiro atoms. The van der Waals surface area contributed by atoms with Crippen LogP contribution in [0.5, 0.6) is 0 Å². The van der Waals surface area contributed by atoms with Gasteiger partial charge in [-0.15, -0.1) is 0 Å². The van der Waals surface area contributed by atoms with Gasteiger partial charge in [-0.05, 0) is 13.8 Å². The third-order valence-electron chi connectivity index (χ3n) is 1.56. The molecule has 0 aliphatic rings. The lowest BCUT2D eigenvalue weighted by Crippen LogP contribution is -2.27. The second-order valence-corrected chi connectivity index (χ2v) is 2.20. The standard InChI is InChI=1S/C8H12N2/c1-4-7-8(5-2)10(3)6-9-7/h4-6H,1-3H3/b7-4+,8-5+. The van der Waals surface area contributed by atoms with Gasteiger partial charge in [-0.1, -0.05) is 12.2 Å². The lowest BCUT2D eigenvalue weighted by atomic mass is 10.4.